The van der Waals surface area contributed by atoms with Gasteiger partial charge in [0.1, 0.15) is 5.82 Å². The summed E-state index contributed by atoms with van der Waals surface area (Å²) in [6.45, 7) is 0.542. The summed E-state index contributed by atoms with van der Waals surface area (Å²) >= 11 is 11.8. The van der Waals surface area contributed by atoms with Crippen molar-refractivity contribution in [3.8, 4) is 0 Å². The Morgan fingerprint density at radius 1 is 1.15 bits per heavy atom. The average Bonchev–Trinajstić information content (AvgIpc) is 3.10. The van der Waals surface area contributed by atoms with E-state index < -0.39 is 0 Å². The van der Waals surface area contributed by atoms with Gasteiger partial charge in [-0.2, -0.15) is 0 Å². The zero-order chi connectivity index (χ0) is 19.4. The molecule has 1 aliphatic rings. The molecular formula is C20H19Cl2FN2O2. The van der Waals surface area contributed by atoms with E-state index in [1.54, 1.807) is 17.0 Å². The third-order valence-electron chi connectivity index (χ3n) is 4.64. The molecule has 142 valence electrons. The highest BCUT2D eigenvalue weighted by atomic mass is 35.5. The van der Waals surface area contributed by atoms with E-state index in [4.69, 9.17) is 23.2 Å². The Balaban J connectivity index is 1.57. The third kappa shape index (κ3) is 4.99. The maximum atomic E-state index is 13.4. The first-order valence-corrected chi connectivity index (χ1v) is 9.47. The van der Waals surface area contributed by atoms with E-state index in [1.165, 1.54) is 24.3 Å². The number of halogens is 3. The third-order valence-corrected chi connectivity index (χ3v) is 5.38. The lowest BCUT2D eigenvalue weighted by Gasteiger charge is -2.25. The fraction of sp³-hybridized carbons (Fsp3) is 0.300. The zero-order valence-corrected chi connectivity index (χ0v) is 16.1. The molecule has 2 amide bonds. The van der Waals surface area contributed by atoms with E-state index in [-0.39, 0.29) is 35.2 Å². The van der Waals surface area contributed by atoms with Gasteiger partial charge in [-0.05, 0) is 55.2 Å². The Morgan fingerprint density at radius 3 is 2.70 bits per heavy atom. The van der Waals surface area contributed by atoms with Gasteiger partial charge in [-0.1, -0.05) is 35.3 Å². The highest BCUT2D eigenvalue weighted by Crippen LogP contribution is 2.23. The molecule has 0 spiro atoms. The molecule has 1 saturated heterocycles. The van der Waals surface area contributed by atoms with Gasteiger partial charge in [0.05, 0.1) is 16.6 Å². The summed E-state index contributed by atoms with van der Waals surface area (Å²) in [7, 11) is 0. The second kappa shape index (κ2) is 8.72. The minimum absolute atomic E-state index is 0.0150. The number of carbonyl (C=O) groups excluding carboxylic acids is 2. The molecule has 1 unspecified atom stereocenters. The van der Waals surface area contributed by atoms with Gasteiger partial charge in [-0.3, -0.25) is 9.59 Å². The van der Waals surface area contributed by atoms with Crippen molar-refractivity contribution in [2.75, 3.05) is 13.1 Å². The maximum Gasteiger partial charge on any atom is 0.251 e. The second-order valence-corrected chi connectivity index (χ2v) is 7.34. The molecule has 7 heteroatoms. The summed E-state index contributed by atoms with van der Waals surface area (Å²) in [6.07, 6.45) is 2.36. The topological polar surface area (TPSA) is 49.4 Å². The Labute approximate surface area is 167 Å². The van der Waals surface area contributed by atoms with Crippen molar-refractivity contribution in [3.05, 3.63) is 69.5 Å². The minimum atomic E-state index is -0.386. The minimum Gasteiger partial charge on any atom is -0.343 e. The van der Waals surface area contributed by atoms with Crippen LogP contribution in [0.2, 0.25) is 10.0 Å². The summed E-state index contributed by atoms with van der Waals surface area (Å²) in [5.74, 6) is -0.817. The van der Waals surface area contributed by atoms with Crippen LogP contribution in [0.4, 0.5) is 4.39 Å². The van der Waals surface area contributed by atoms with Gasteiger partial charge in [-0.15, -0.1) is 0 Å². The number of rotatable bonds is 5. The normalized spacial score (nSPS) is 16.4. The van der Waals surface area contributed by atoms with Crippen molar-refractivity contribution in [1.29, 1.82) is 0 Å². The number of amides is 2. The second-order valence-electron chi connectivity index (χ2n) is 6.53. The predicted molar refractivity (Wildman–Crippen MR) is 104 cm³/mol. The molecule has 3 rings (SSSR count). The van der Waals surface area contributed by atoms with E-state index in [0.29, 0.717) is 23.6 Å². The summed E-state index contributed by atoms with van der Waals surface area (Å²) in [4.78, 5) is 26.5. The Morgan fingerprint density at radius 2 is 1.96 bits per heavy atom. The van der Waals surface area contributed by atoms with Crippen LogP contribution in [0.5, 0.6) is 0 Å². The van der Waals surface area contributed by atoms with Crippen molar-refractivity contribution < 1.29 is 14.0 Å². The van der Waals surface area contributed by atoms with E-state index in [0.717, 1.165) is 18.4 Å². The summed E-state index contributed by atoms with van der Waals surface area (Å²) < 4.78 is 13.4. The molecule has 1 heterocycles. The zero-order valence-electron chi connectivity index (χ0n) is 14.6. The van der Waals surface area contributed by atoms with Crippen molar-refractivity contribution in [1.82, 2.24) is 10.2 Å². The van der Waals surface area contributed by atoms with Crippen molar-refractivity contribution in [3.63, 3.8) is 0 Å². The number of carbonyl (C=O) groups is 2. The number of likely N-dealkylation sites (tertiary alicyclic amines) is 1. The van der Waals surface area contributed by atoms with Gasteiger partial charge in [0.2, 0.25) is 5.91 Å². The highest BCUT2D eigenvalue weighted by molar-refractivity contribution is 6.42. The van der Waals surface area contributed by atoms with Crippen molar-refractivity contribution in [2.24, 2.45) is 0 Å². The van der Waals surface area contributed by atoms with Crippen LogP contribution >= 0.6 is 23.2 Å². The first-order valence-electron chi connectivity index (χ1n) is 8.71. The van der Waals surface area contributed by atoms with Gasteiger partial charge < -0.3 is 10.2 Å². The van der Waals surface area contributed by atoms with Crippen LogP contribution in [-0.2, 0) is 11.2 Å². The fourth-order valence-corrected chi connectivity index (χ4v) is 3.61. The quantitative estimate of drug-likeness (QED) is 0.809. The standard InChI is InChI=1S/C20H19Cl2FN2O2/c21-17-7-6-14(11-18(17)22)20(27)24-12-19(26)25-8-2-5-16(25)10-13-3-1-4-15(23)9-13/h1,3-4,6-7,9,11,16H,2,5,8,10,12H2,(H,24,27). The first kappa shape index (κ1) is 19.6. The van der Waals surface area contributed by atoms with Crippen LogP contribution in [0.25, 0.3) is 0 Å². The van der Waals surface area contributed by atoms with Gasteiger partial charge in [0, 0.05) is 18.2 Å². The maximum absolute atomic E-state index is 13.4. The SMILES string of the molecule is O=C(NCC(=O)N1CCCC1Cc1cccc(F)c1)c1ccc(Cl)c(Cl)c1. The van der Waals surface area contributed by atoms with Gasteiger partial charge in [0.15, 0.2) is 0 Å². The van der Waals surface area contributed by atoms with E-state index >= 15 is 0 Å². The lowest BCUT2D eigenvalue weighted by molar-refractivity contribution is -0.130. The lowest BCUT2D eigenvalue weighted by Crippen LogP contribution is -2.43. The van der Waals surface area contributed by atoms with E-state index in [2.05, 4.69) is 5.32 Å². The van der Waals surface area contributed by atoms with Crippen LogP contribution in [0.3, 0.4) is 0 Å². The molecular weight excluding hydrogens is 390 g/mol. The van der Waals surface area contributed by atoms with Crippen molar-refractivity contribution >= 4 is 35.0 Å². The molecule has 0 bridgehead atoms. The smallest absolute Gasteiger partial charge is 0.251 e. The molecule has 0 aromatic heterocycles. The largest absolute Gasteiger partial charge is 0.343 e. The number of hydrogen-bond donors (Lipinski definition) is 1. The first-order chi connectivity index (χ1) is 12.9. The van der Waals surface area contributed by atoms with E-state index in [1.807, 2.05) is 6.07 Å². The molecule has 0 aliphatic carbocycles. The molecule has 1 fully saturated rings. The Bertz CT molecular complexity index is 860. The monoisotopic (exact) mass is 408 g/mol. The number of benzene rings is 2. The molecule has 4 nitrogen and oxygen atoms in total. The van der Waals surface area contributed by atoms with Crippen LogP contribution in [0, 0.1) is 5.82 Å². The fourth-order valence-electron chi connectivity index (χ4n) is 3.31. The lowest BCUT2D eigenvalue weighted by atomic mass is 10.0. The molecule has 27 heavy (non-hydrogen) atoms. The van der Waals surface area contributed by atoms with Gasteiger partial charge in [0.25, 0.3) is 5.91 Å². The van der Waals surface area contributed by atoms with Gasteiger partial charge >= 0.3 is 0 Å². The Hall–Kier alpha value is -2.11. The molecule has 1 aliphatic heterocycles. The van der Waals surface area contributed by atoms with Crippen LogP contribution in [0.15, 0.2) is 42.5 Å². The van der Waals surface area contributed by atoms with Crippen LogP contribution in [0.1, 0.15) is 28.8 Å². The molecule has 2 aromatic carbocycles. The molecule has 0 radical (unpaired) electrons. The molecule has 1 atom stereocenters. The Kier molecular flexibility index (Phi) is 6.34. The van der Waals surface area contributed by atoms with Crippen molar-refractivity contribution in [2.45, 2.75) is 25.3 Å². The molecule has 2 aromatic rings. The molecule has 0 saturated carbocycles. The summed E-state index contributed by atoms with van der Waals surface area (Å²) in [5, 5.41) is 3.27. The highest BCUT2D eigenvalue weighted by Gasteiger charge is 2.28. The van der Waals surface area contributed by atoms with Crippen LogP contribution in [-0.4, -0.2) is 35.8 Å². The summed E-state index contributed by atoms with van der Waals surface area (Å²) in [5.41, 5.74) is 1.20. The number of hydrogen-bond acceptors (Lipinski definition) is 2. The molecule has 1 N–H and O–H groups in total. The number of nitrogens with zero attached hydrogens (tertiary/aromatic N) is 1. The predicted octanol–water partition coefficient (Wildman–Crippen LogP) is 4.10. The van der Waals surface area contributed by atoms with Crippen LogP contribution < -0.4 is 5.32 Å². The summed E-state index contributed by atoms with van der Waals surface area (Å²) in [6, 6.07) is 11.0. The van der Waals surface area contributed by atoms with Gasteiger partial charge in [-0.25, -0.2) is 4.39 Å². The average molecular weight is 409 g/mol. The van der Waals surface area contributed by atoms with E-state index in [9.17, 15) is 14.0 Å². The number of nitrogens with one attached hydrogen (secondary N) is 1.